The van der Waals surface area contributed by atoms with Crippen molar-refractivity contribution in [2.45, 2.75) is 33.3 Å². The molecule has 0 bridgehead atoms. The zero-order chi connectivity index (χ0) is 24.5. The van der Waals surface area contributed by atoms with Crippen LogP contribution in [0.15, 0.2) is 31.0 Å². The number of fused-ring (bicyclic) bond motifs is 2. The van der Waals surface area contributed by atoms with E-state index in [9.17, 15) is 4.79 Å². The van der Waals surface area contributed by atoms with Crippen LogP contribution in [0.1, 0.15) is 28.7 Å². The van der Waals surface area contributed by atoms with Gasteiger partial charge in [-0.05, 0) is 72.7 Å². The molecule has 7 heteroatoms. The molecule has 0 N–H and O–H groups in total. The van der Waals surface area contributed by atoms with Gasteiger partial charge in [0.15, 0.2) is 0 Å². The highest BCUT2D eigenvalue weighted by Crippen LogP contribution is 2.48. The molecular weight excluding hydrogens is 460 g/mol. The van der Waals surface area contributed by atoms with Gasteiger partial charge in [0, 0.05) is 55.3 Å². The Morgan fingerprint density at radius 1 is 1.23 bits per heavy atom. The standard InChI is InChI=1S/C28H31ClN4O2/c1-5-23(34)33-15-28(16-33)7-8-32(14-28)22-11-19-6-9-35-13-21(19)24(18(22)3)25-26(29)17(2)10-20-12-30-31(4)27(20)25/h5,10-12H,1,6-9,13-16H2,2-4H3. The topological polar surface area (TPSA) is 50.6 Å². The van der Waals surface area contributed by atoms with Gasteiger partial charge < -0.3 is 14.5 Å². The molecule has 0 aliphatic carbocycles. The summed E-state index contributed by atoms with van der Waals surface area (Å²) in [4.78, 5) is 16.5. The Labute approximate surface area is 211 Å². The fourth-order valence-electron chi connectivity index (χ4n) is 6.43. The van der Waals surface area contributed by atoms with Crippen LogP contribution in [-0.2, 0) is 29.6 Å². The molecule has 1 aromatic heterocycles. The summed E-state index contributed by atoms with van der Waals surface area (Å²) in [6.07, 6.45) is 5.34. The van der Waals surface area contributed by atoms with Crippen LogP contribution in [0.3, 0.4) is 0 Å². The molecule has 2 aromatic carbocycles. The Kier molecular flexibility index (Phi) is 5.24. The first kappa shape index (κ1) is 22.6. The molecule has 3 aliphatic rings. The largest absolute Gasteiger partial charge is 0.376 e. The number of halogens is 1. The van der Waals surface area contributed by atoms with E-state index in [1.165, 1.54) is 34.0 Å². The van der Waals surface area contributed by atoms with Gasteiger partial charge in [0.25, 0.3) is 0 Å². The zero-order valence-electron chi connectivity index (χ0n) is 20.7. The number of aromatic nitrogens is 2. The van der Waals surface area contributed by atoms with Crippen molar-refractivity contribution < 1.29 is 9.53 Å². The number of hydrogen-bond donors (Lipinski definition) is 0. The van der Waals surface area contributed by atoms with Crippen molar-refractivity contribution in [1.29, 1.82) is 0 Å². The first-order valence-electron chi connectivity index (χ1n) is 12.3. The number of anilines is 1. The van der Waals surface area contributed by atoms with Gasteiger partial charge in [-0.25, -0.2) is 0 Å². The van der Waals surface area contributed by atoms with Crippen LogP contribution in [0, 0.1) is 19.3 Å². The number of rotatable bonds is 3. The maximum Gasteiger partial charge on any atom is 0.245 e. The van der Waals surface area contributed by atoms with Gasteiger partial charge in [-0.3, -0.25) is 9.48 Å². The molecule has 2 saturated heterocycles. The van der Waals surface area contributed by atoms with Crippen LogP contribution in [0.4, 0.5) is 5.69 Å². The summed E-state index contributed by atoms with van der Waals surface area (Å²) in [7, 11) is 1.98. The summed E-state index contributed by atoms with van der Waals surface area (Å²) in [5.74, 6) is 0.0376. The van der Waals surface area contributed by atoms with E-state index in [4.69, 9.17) is 16.3 Å². The molecule has 2 fully saturated rings. The van der Waals surface area contributed by atoms with Gasteiger partial charge in [-0.2, -0.15) is 5.10 Å². The summed E-state index contributed by atoms with van der Waals surface area (Å²) in [6.45, 7) is 12.9. The lowest BCUT2D eigenvalue weighted by molar-refractivity contribution is -0.136. The predicted octanol–water partition coefficient (Wildman–Crippen LogP) is 4.81. The average molecular weight is 491 g/mol. The minimum atomic E-state index is 0.0376. The minimum absolute atomic E-state index is 0.0376. The monoisotopic (exact) mass is 490 g/mol. The Bertz CT molecular complexity index is 1390. The second kappa shape index (κ2) is 8.10. The SMILES string of the molecule is C=CC(=O)N1CC2(CCN(c3cc4c(c(-c5c(Cl)c(C)cc6cnn(C)c56)c3C)COCC4)C2)C1. The van der Waals surface area contributed by atoms with Crippen LogP contribution in [0.25, 0.3) is 22.0 Å². The highest BCUT2D eigenvalue weighted by atomic mass is 35.5. The van der Waals surface area contributed by atoms with E-state index in [0.29, 0.717) is 6.61 Å². The van der Waals surface area contributed by atoms with E-state index in [0.717, 1.165) is 72.7 Å². The minimum Gasteiger partial charge on any atom is -0.376 e. The number of carbonyl (C=O) groups excluding carboxylic acids is 1. The number of benzene rings is 2. The van der Waals surface area contributed by atoms with Crippen molar-refractivity contribution in [1.82, 2.24) is 14.7 Å². The first-order chi connectivity index (χ1) is 16.8. The van der Waals surface area contributed by atoms with Crippen LogP contribution in [0.5, 0.6) is 0 Å². The fraction of sp³-hybridized carbons (Fsp3) is 0.429. The van der Waals surface area contributed by atoms with Crippen molar-refractivity contribution in [3.05, 3.63) is 58.3 Å². The molecular formula is C28H31ClN4O2. The van der Waals surface area contributed by atoms with Gasteiger partial charge in [0.2, 0.25) is 5.91 Å². The second-order valence-electron chi connectivity index (χ2n) is 10.5. The Morgan fingerprint density at radius 2 is 2.03 bits per heavy atom. The first-order valence-corrected chi connectivity index (χ1v) is 12.7. The molecule has 0 radical (unpaired) electrons. The van der Waals surface area contributed by atoms with Crippen molar-refractivity contribution in [3.63, 3.8) is 0 Å². The van der Waals surface area contributed by atoms with Crippen LogP contribution >= 0.6 is 11.6 Å². The van der Waals surface area contributed by atoms with Crippen LogP contribution in [-0.4, -0.2) is 53.4 Å². The van der Waals surface area contributed by atoms with E-state index in [-0.39, 0.29) is 11.3 Å². The fourth-order valence-corrected chi connectivity index (χ4v) is 6.66. The predicted molar refractivity (Wildman–Crippen MR) is 140 cm³/mol. The van der Waals surface area contributed by atoms with Crippen molar-refractivity contribution in [2.24, 2.45) is 12.5 Å². The van der Waals surface area contributed by atoms with E-state index in [2.05, 4.69) is 42.6 Å². The normalized spacial score (nSPS) is 18.7. The molecule has 0 atom stereocenters. The van der Waals surface area contributed by atoms with Crippen molar-refractivity contribution in [2.75, 3.05) is 37.7 Å². The van der Waals surface area contributed by atoms with E-state index in [1.54, 1.807) is 0 Å². The maximum atomic E-state index is 12.0. The number of aryl methyl sites for hydroxylation is 2. The van der Waals surface area contributed by atoms with Gasteiger partial charge in [0.1, 0.15) is 0 Å². The number of hydrogen-bond acceptors (Lipinski definition) is 4. The number of likely N-dealkylation sites (tertiary alicyclic amines) is 1. The number of carbonyl (C=O) groups is 1. The highest BCUT2D eigenvalue weighted by Gasteiger charge is 2.49. The van der Waals surface area contributed by atoms with Crippen molar-refractivity contribution in [3.8, 4) is 11.1 Å². The quantitative estimate of drug-likeness (QED) is 0.494. The van der Waals surface area contributed by atoms with Crippen molar-refractivity contribution >= 4 is 34.1 Å². The van der Waals surface area contributed by atoms with Gasteiger partial charge in [-0.15, -0.1) is 0 Å². The van der Waals surface area contributed by atoms with Gasteiger partial charge in [0.05, 0.1) is 29.9 Å². The molecule has 1 spiro atoms. The molecule has 0 unspecified atom stereocenters. The lowest BCUT2D eigenvalue weighted by Gasteiger charge is -2.47. The van der Waals surface area contributed by atoms with E-state index < -0.39 is 0 Å². The summed E-state index contributed by atoms with van der Waals surface area (Å²) in [5.41, 5.74) is 9.65. The number of ether oxygens (including phenoxy) is 1. The second-order valence-corrected chi connectivity index (χ2v) is 10.9. The van der Waals surface area contributed by atoms with Crippen LogP contribution < -0.4 is 4.90 Å². The molecule has 182 valence electrons. The summed E-state index contributed by atoms with van der Waals surface area (Å²) in [6, 6.07) is 4.50. The highest BCUT2D eigenvalue weighted by molar-refractivity contribution is 6.36. The molecule has 0 saturated carbocycles. The molecule has 6 rings (SSSR count). The maximum absolute atomic E-state index is 12.0. The smallest absolute Gasteiger partial charge is 0.245 e. The summed E-state index contributed by atoms with van der Waals surface area (Å²) < 4.78 is 7.89. The molecule has 3 aliphatic heterocycles. The summed E-state index contributed by atoms with van der Waals surface area (Å²) in [5, 5.41) is 6.43. The van der Waals surface area contributed by atoms with Gasteiger partial charge >= 0.3 is 0 Å². The molecule has 4 heterocycles. The molecule has 35 heavy (non-hydrogen) atoms. The Morgan fingerprint density at radius 3 is 2.80 bits per heavy atom. The average Bonchev–Trinajstić information content (AvgIpc) is 3.43. The Balaban J connectivity index is 1.48. The number of nitrogens with zero attached hydrogens (tertiary/aromatic N) is 4. The van der Waals surface area contributed by atoms with E-state index in [1.807, 2.05) is 22.8 Å². The Hall–Kier alpha value is -2.83. The van der Waals surface area contributed by atoms with Crippen LogP contribution in [0.2, 0.25) is 5.02 Å². The molecule has 1 amide bonds. The lowest BCUT2D eigenvalue weighted by Crippen LogP contribution is -2.59. The third-order valence-corrected chi connectivity index (χ3v) is 8.72. The lowest BCUT2D eigenvalue weighted by atomic mass is 9.79. The van der Waals surface area contributed by atoms with Gasteiger partial charge in [-0.1, -0.05) is 18.2 Å². The third kappa shape index (κ3) is 3.41. The summed E-state index contributed by atoms with van der Waals surface area (Å²) >= 11 is 7.06. The zero-order valence-corrected chi connectivity index (χ0v) is 21.4. The molecule has 3 aromatic rings. The van der Waals surface area contributed by atoms with E-state index >= 15 is 0 Å². The molecule has 6 nitrogen and oxygen atoms in total. The number of amides is 1. The third-order valence-electron chi connectivity index (χ3n) is 8.23.